The van der Waals surface area contributed by atoms with E-state index < -0.39 is 0 Å². The van der Waals surface area contributed by atoms with Crippen LogP contribution in [-0.4, -0.2) is 27.6 Å². The molecule has 0 spiro atoms. The summed E-state index contributed by atoms with van der Waals surface area (Å²) in [6, 6.07) is 0.690. The molecule has 0 amide bonds. The van der Waals surface area contributed by atoms with Crippen LogP contribution in [0.4, 0.5) is 0 Å². The predicted octanol–water partition coefficient (Wildman–Crippen LogP) is 3.39. The van der Waals surface area contributed by atoms with Crippen LogP contribution in [0.15, 0.2) is 0 Å². The molecule has 0 aromatic rings. The molecular formula is C11H21NS2. The van der Waals surface area contributed by atoms with Gasteiger partial charge in [-0.05, 0) is 18.3 Å². The van der Waals surface area contributed by atoms with Crippen LogP contribution in [-0.2, 0) is 0 Å². The molecular weight excluding hydrogens is 210 g/mol. The van der Waals surface area contributed by atoms with Gasteiger partial charge in [-0.15, -0.1) is 0 Å². The molecule has 0 aromatic heterocycles. The van der Waals surface area contributed by atoms with Crippen LogP contribution in [0, 0.1) is 11.8 Å². The molecule has 1 nitrogen and oxygen atoms in total. The molecule has 0 saturated carbocycles. The summed E-state index contributed by atoms with van der Waals surface area (Å²) in [4.78, 5) is 2.44. The Morgan fingerprint density at radius 3 is 2.50 bits per heavy atom. The maximum Gasteiger partial charge on any atom is 0.136 e. The second-order valence-corrected chi connectivity index (χ2v) is 6.56. The van der Waals surface area contributed by atoms with Crippen LogP contribution in [0.3, 0.4) is 0 Å². The van der Waals surface area contributed by atoms with Gasteiger partial charge in [0.15, 0.2) is 0 Å². The minimum Gasteiger partial charge on any atom is -0.353 e. The fourth-order valence-corrected chi connectivity index (χ4v) is 3.31. The van der Waals surface area contributed by atoms with E-state index in [9.17, 15) is 0 Å². The second kappa shape index (κ2) is 5.36. The van der Waals surface area contributed by atoms with Crippen LogP contribution in [0.2, 0.25) is 0 Å². The van der Waals surface area contributed by atoms with E-state index in [0.717, 1.165) is 16.8 Å². The minimum atomic E-state index is 0.690. The summed E-state index contributed by atoms with van der Waals surface area (Å²) in [6.07, 6.45) is 1.28. The lowest BCUT2D eigenvalue weighted by molar-refractivity contribution is 0.282. The van der Waals surface area contributed by atoms with Crippen molar-refractivity contribution < 1.29 is 0 Å². The monoisotopic (exact) mass is 231 g/mol. The quantitative estimate of drug-likeness (QED) is 0.683. The lowest BCUT2D eigenvalue weighted by Crippen LogP contribution is -2.36. The van der Waals surface area contributed by atoms with Gasteiger partial charge >= 0.3 is 0 Å². The summed E-state index contributed by atoms with van der Waals surface area (Å²) in [5.74, 6) is 2.68. The van der Waals surface area contributed by atoms with Crippen LogP contribution >= 0.6 is 24.0 Å². The van der Waals surface area contributed by atoms with Crippen molar-refractivity contribution in [1.29, 1.82) is 0 Å². The molecule has 14 heavy (non-hydrogen) atoms. The highest BCUT2D eigenvalue weighted by Crippen LogP contribution is 2.28. The first-order chi connectivity index (χ1) is 6.50. The first-order valence-electron chi connectivity index (χ1n) is 5.44. The lowest BCUT2D eigenvalue weighted by atomic mass is 10.0. The Hall–Kier alpha value is 0.240. The standard InChI is InChI=1S/C11H21NS2/c1-8(2)5-10-7-14-11(13)12(10)6-9(3)4/h8-10H,5-7H2,1-4H3/t10-/m0/s1. The number of hydrogen-bond donors (Lipinski definition) is 0. The molecule has 1 atom stereocenters. The summed E-state index contributed by atoms with van der Waals surface area (Å²) >= 11 is 7.23. The molecule has 1 aliphatic heterocycles. The van der Waals surface area contributed by atoms with Crippen molar-refractivity contribution in [1.82, 2.24) is 4.90 Å². The average molecular weight is 231 g/mol. The molecule has 1 saturated heterocycles. The zero-order valence-electron chi connectivity index (χ0n) is 9.62. The first kappa shape index (κ1) is 12.3. The third-order valence-corrected chi connectivity index (χ3v) is 4.00. The summed E-state index contributed by atoms with van der Waals surface area (Å²) in [5.41, 5.74) is 0. The van der Waals surface area contributed by atoms with Gasteiger partial charge in [0.2, 0.25) is 0 Å². The average Bonchev–Trinajstić information content (AvgIpc) is 2.34. The zero-order valence-corrected chi connectivity index (χ0v) is 11.3. The maximum atomic E-state index is 5.38. The first-order valence-corrected chi connectivity index (χ1v) is 6.83. The Morgan fingerprint density at radius 2 is 2.00 bits per heavy atom. The topological polar surface area (TPSA) is 3.24 Å². The Labute approximate surface area is 97.6 Å². The van der Waals surface area contributed by atoms with Gasteiger partial charge < -0.3 is 4.90 Å². The fourth-order valence-electron chi connectivity index (χ4n) is 1.85. The SMILES string of the molecule is CC(C)C[C@H]1CSC(=S)N1CC(C)C. The molecule has 0 radical (unpaired) electrons. The number of thiocarbonyl (C=S) groups is 1. The van der Waals surface area contributed by atoms with E-state index in [2.05, 4.69) is 32.6 Å². The summed E-state index contributed by atoms with van der Waals surface area (Å²) < 4.78 is 1.12. The van der Waals surface area contributed by atoms with Gasteiger partial charge in [0, 0.05) is 18.3 Å². The Balaban J connectivity index is 2.53. The number of nitrogens with zero attached hydrogens (tertiary/aromatic N) is 1. The molecule has 0 aliphatic carbocycles. The lowest BCUT2D eigenvalue weighted by Gasteiger charge is -2.28. The normalized spacial score (nSPS) is 22.9. The molecule has 1 heterocycles. The van der Waals surface area contributed by atoms with Crippen molar-refractivity contribution in [2.45, 2.75) is 40.2 Å². The van der Waals surface area contributed by atoms with Gasteiger partial charge in [0.05, 0.1) is 0 Å². The maximum absolute atomic E-state index is 5.38. The highest BCUT2D eigenvalue weighted by molar-refractivity contribution is 8.23. The fraction of sp³-hybridized carbons (Fsp3) is 0.909. The van der Waals surface area contributed by atoms with E-state index in [-0.39, 0.29) is 0 Å². The van der Waals surface area contributed by atoms with E-state index in [4.69, 9.17) is 12.2 Å². The zero-order chi connectivity index (χ0) is 10.7. The van der Waals surface area contributed by atoms with Gasteiger partial charge in [-0.25, -0.2) is 0 Å². The van der Waals surface area contributed by atoms with E-state index in [1.807, 2.05) is 11.8 Å². The van der Waals surface area contributed by atoms with Crippen molar-refractivity contribution in [2.75, 3.05) is 12.3 Å². The third kappa shape index (κ3) is 3.43. The van der Waals surface area contributed by atoms with Gasteiger partial charge in [0.25, 0.3) is 0 Å². The van der Waals surface area contributed by atoms with E-state index in [1.54, 1.807) is 0 Å². The number of thioether (sulfide) groups is 1. The molecule has 3 heteroatoms. The molecule has 1 aliphatic rings. The summed E-state index contributed by atoms with van der Waals surface area (Å²) in [6.45, 7) is 10.2. The van der Waals surface area contributed by atoms with Crippen LogP contribution in [0.1, 0.15) is 34.1 Å². The molecule has 0 bridgehead atoms. The third-order valence-electron chi connectivity index (χ3n) is 2.38. The van der Waals surface area contributed by atoms with Gasteiger partial charge in [-0.3, -0.25) is 0 Å². The summed E-state index contributed by atoms with van der Waals surface area (Å²) in [7, 11) is 0. The summed E-state index contributed by atoms with van der Waals surface area (Å²) in [5, 5.41) is 0. The van der Waals surface area contributed by atoms with Crippen molar-refractivity contribution >= 4 is 28.3 Å². The highest BCUT2D eigenvalue weighted by atomic mass is 32.2. The Morgan fingerprint density at radius 1 is 1.36 bits per heavy atom. The smallest absolute Gasteiger partial charge is 0.136 e. The van der Waals surface area contributed by atoms with E-state index >= 15 is 0 Å². The van der Waals surface area contributed by atoms with Crippen molar-refractivity contribution in [3.05, 3.63) is 0 Å². The minimum absolute atomic E-state index is 0.690. The molecule has 1 rings (SSSR count). The molecule has 0 unspecified atom stereocenters. The molecule has 0 N–H and O–H groups in total. The van der Waals surface area contributed by atoms with E-state index in [0.29, 0.717) is 12.0 Å². The molecule has 1 fully saturated rings. The number of rotatable bonds is 4. The van der Waals surface area contributed by atoms with Crippen LogP contribution < -0.4 is 0 Å². The second-order valence-electron chi connectivity index (χ2n) is 4.91. The van der Waals surface area contributed by atoms with Gasteiger partial charge in [0.1, 0.15) is 4.32 Å². The highest BCUT2D eigenvalue weighted by Gasteiger charge is 2.29. The van der Waals surface area contributed by atoms with Crippen LogP contribution in [0.5, 0.6) is 0 Å². The Bertz CT molecular complexity index is 201. The number of hydrogen-bond acceptors (Lipinski definition) is 2. The predicted molar refractivity (Wildman–Crippen MR) is 69.8 cm³/mol. The van der Waals surface area contributed by atoms with E-state index in [1.165, 1.54) is 12.2 Å². The van der Waals surface area contributed by atoms with Gasteiger partial charge in [-0.2, -0.15) is 0 Å². The molecule has 82 valence electrons. The van der Waals surface area contributed by atoms with Crippen molar-refractivity contribution in [2.24, 2.45) is 11.8 Å². The largest absolute Gasteiger partial charge is 0.353 e. The Kier molecular flexibility index (Phi) is 4.71. The molecule has 0 aromatic carbocycles. The van der Waals surface area contributed by atoms with Crippen molar-refractivity contribution in [3.63, 3.8) is 0 Å². The van der Waals surface area contributed by atoms with Crippen molar-refractivity contribution in [3.8, 4) is 0 Å². The van der Waals surface area contributed by atoms with Crippen LogP contribution in [0.25, 0.3) is 0 Å². The van der Waals surface area contributed by atoms with Gasteiger partial charge in [-0.1, -0.05) is 51.7 Å².